The van der Waals surface area contributed by atoms with Crippen molar-refractivity contribution in [3.63, 3.8) is 0 Å². The second-order valence-corrected chi connectivity index (χ2v) is 7.15. The quantitative estimate of drug-likeness (QED) is 0.407. The van der Waals surface area contributed by atoms with E-state index in [2.05, 4.69) is 10.6 Å². The van der Waals surface area contributed by atoms with Crippen molar-refractivity contribution in [1.82, 2.24) is 10.6 Å². The molecule has 0 aliphatic heterocycles. The Hall–Kier alpha value is -3.58. The second kappa shape index (κ2) is 10.8. The number of rotatable bonds is 9. The number of carbonyl (C=O) groups is 2. The Bertz CT molecular complexity index is 984. The summed E-state index contributed by atoms with van der Waals surface area (Å²) in [5, 5.41) is 7.38. The van der Waals surface area contributed by atoms with E-state index >= 15 is 0 Å². The molecule has 0 bridgehead atoms. The van der Waals surface area contributed by atoms with E-state index in [-0.39, 0.29) is 17.5 Å². The van der Waals surface area contributed by atoms with Crippen molar-refractivity contribution in [2.75, 3.05) is 20.3 Å². The number of benzene rings is 2. The molecule has 0 aliphatic carbocycles. The summed E-state index contributed by atoms with van der Waals surface area (Å²) in [6, 6.07) is 19.8. The fourth-order valence-electron chi connectivity index (χ4n) is 2.56. The Balaban J connectivity index is 1.62. The highest BCUT2D eigenvalue weighted by molar-refractivity contribution is 7.10. The first-order chi connectivity index (χ1) is 14.7. The molecule has 0 unspecified atom stereocenters. The number of carbonyl (C=O) groups excluding carboxylic acids is 2. The monoisotopic (exact) mass is 422 g/mol. The average molecular weight is 423 g/mol. The Morgan fingerprint density at radius 3 is 2.40 bits per heavy atom. The van der Waals surface area contributed by atoms with Gasteiger partial charge in [-0.15, -0.1) is 11.3 Å². The Labute approximate surface area is 179 Å². The van der Waals surface area contributed by atoms with Crippen molar-refractivity contribution in [3.8, 4) is 11.5 Å². The Morgan fingerprint density at radius 2 is 1.73 bits per heavy atom. The summed E-state index contributed by atoms with van der Waals surface area (Å²) in [4.78, 5) is 26.1. The largest absolute Gasteiger partial charge is 0.497 e. The number of hydrogen-bond donors (Lipinski definition) is 2. The van der Waals surface area contributed by atoms with E-state index in [1.807, 2.05) is 47.8 Å². The average Bonchev–Trinajstić information content (AvgIpc) is 3.30. The van der Waals surface area contributed by atoms with Crippen LogP contribution in [0.3, 0.4) is 0 Å². The van der Waals surface area contributed by atoms with Crippen LogP contribution < -0.4 is 20.1 Å². The molecule has 0 aliphatic rings. The molecule has 3 aromatic rings. The molecule has 1 aromatic heterocycles. The summed E-state index contributed by atoms with van der Waals surface area (Å²) in [5.41, 5.74) is 0.589. The van der Waals surface area contributed by atoms with Crippen LogP contribution in [0, 0.1) is 0 Å². The molecular formula is C23H22N2O4S. The minimum absolute atomic E-state index is 0.165. The molecule has 0 saturated carbocycles. The minimum Gasteiger partial charge on any atom is -0.497 e. The zero-order valence-electron chi connectivity index (χ0n) is 16.5. The van der Waals surface area contributed by atoms with Crippen molar-refractivity contribution in [3.05, 3.63) is 88.2 Å². The Morgan fingerprint density at radius 1 is 0.967 bits per heavy atom. The van der Waals surface area contributed by atoms with Crippen LogP contribution in [0.25, 0.3) is 6.08 Å². The van der Waals surface area contributed by atoms with Crippen LogP contribution in [0.5, 0.6) is 11.5 Å². The van der Waals surface area contributed by atoms with E-state index in [4.69, 9.17) is 9.47 Å². The number of ether oxygens (including phenoxy) is 2. The van der Waals surface area contributed by atoms with Crippen LogP contribution in [0.1, 0.15) is 15.2 Å². The molecular weight excluding hydrogens is 400 g/mol. The standard InChI is InChI=1S/C23H22N2O4S/c1-28-18-11-9-17(10-12-18)22(26)25-21(16-20-8-5-15-30-20)23(27)24-13-14-29-19-6-3-2-4-7-19/h2-12,15-16H,13-14H2,1H3,(H,24,27)(H,25,26)/b21-16-. The number of nitrogens with one attached hydrogen (secondary N) is 2. The highest BCUT2D eigenvalue weighted by Gasteiger charge is 2.15. The molecule has 2 amide bonds. The van der Waals surface area contributed by atoms with Crippen LogP contribution in [-0.2, 0) is 4.79 Å². The number of thiophene rings is 1. The highest BCUT2D eigenvalue weighted by Crippen LogP contribution is 2.15. The lowest BCUT2D eigenvalue weighted by Gasteiger charge is -2.12. The summed E-state index contributed by atoms with van der Waals surface area (Å²) in [6.45, 7) is 0.613. The molecule has 6 nitrogen and oxygen atoms in total. The molecule has 0 spiro atoms. The van der Waals surface area contributed by atoms with Crippen molar-refractivity contribution in [1.29, 1.82) is 0 Å². The first-order valence-electron chi connectivity index (χ1n) is 9.32. The molecule has 30 heavy (non-hydrogen) atoms. The van der Waals surface area contributed by atoms with Gasteiger partial charge in [-0.25, -0.2) is 0 Å². The predicted octanol–water partition coefficient (Wildman–Crippen LogP) is 3.72. The van der Waals surface area contributed by atoms with Gasteiger partial charge in [-0.2, -0.15) is 0 Å². The third kappa shape index (κ3) is 6.22. The van der Waals surface area contributed by atoms with Gasteiger partial charge >= 0.3 is 0 Å². The van der Waals surface area contributed by atoms with Gasteiger partial charge in [0, 0.05) is 10.4 Å². The normalized spacial score (nSPS) is 10.9. The SMILES string of the molecule is COc1ccc(C(=O)N/C(=C\c2cccs2)C(=O)NCCOc2ccccc2)cc1. The van der Waals surface area contributed by atoms with Crippen LogP contribution >= 0.6 is 11.3 Å². The summed E-state index contributed by atoms with van der Waals surface area (Å²) in [5.74, 6) is 0.615. The van der Waals surface area contributed by atoms with Crippen LogP contribution in [-0.4, -0.2) is 32.1 Å². The molecule has 0 fully saturated rings. The van der Waals surface area contributed by atoms with E-state index in [9.17, 15) is 9.59 Å². The second-order valence-electron chi connectivity index (χ2n) is 6.17. The van der Waals surface area contributed by atoms with Gasteiger partial charge in [-0.05, 0) is 53.9 Å². The maximum Gasteiger partial charge on any atom is 0.267 e. The van der Waals surface area contributed by atoms with E-state index in [0.29, 0.717) is 24.5 Å². The zero-order chi connectivity index (χ0) is 21.2. The molecule has 7 heteroatoms. The molecule has 2 aromatic carbocycles. The Kier molecular flexibility index (Phi) is 7.63. The molecule has 3 rings (SSSR count). The van der Waals surface area contributed by atoms with Gasteiger partial charge in [-0.1, -0.05) is 24.3 Å². The zero-order valence-corrected chi connectivity index (χ0v) is 17.3. The van der Waals surface area contributed by atoms with Gasteiger partial charge in [0.1, 0.15) is 23.8 Å². The van der Waals surface area contributed by atoms with Crippen molar-refractivity contribution >= 4 is 29.2 Å². The topological polar surface area (TPSA) is 76.7 Å². The fraction of sp³-hybridized carbons (Fsp3) is 0.130. The van der Waals surface area contributed by atoms with E-state index in [1.165, 1.54) is 11.3 Å². The van der Waals surface area contributed by atoms with Crippen molar-refractivity contribution in [2.45, 2.75) is 0 Å². The maximum absolute atomic E-state index is 12.7. The summed E-state index contributed by atoms with van der Waals surface area (Å²) >= 11 is 1.47. The molecule has 0 saturated heterocycles. The third-order valence-electron chi connectivity index (χ3n) is 4.07. The third-order valence-corrected chi connectivity index (χ3v) is 4.89. The predicted molar refractivity (Wildman–Crippen MR) is 118 cm³/mol. The molecule has 0 radical (unpaired) electrons. The molecule has 0 atom stereocenters. The molecule has 154 valence electrons. The number of hydrogen-bond acceptors (Lipinski definition) is 5. The lowest BCUT2D eigenvalue weighted by Crippen LogP contribution is -2.36. The van der Waals surface area contributed by atoms with Gasteiger partial charge in [0.25, 0.3) is 11.8 Å². The van der Waals surface area contributed by atoms with Gasteiger partial charge in [0.05, 0.1) is 13.7 Å². The number of para-hydroxylation sites is 1. The smallest absolute Gasteiger partial charge is 0.267 e. The van der Waals surface area contributed by atoms with Gasteiger partial charge in [0.2, 0.25) is 0 Å². The van der Waals surface area contributed by atoms with E-state index in [0.717, 1.165) is 10.6 Å². The first kappa shape index (κ1) is 21.1. The van der Waals surface area contributed by atoms with Crippen molar-refractivity contribution < 1.29 is 19.1 Å². The summed E-state index contributed by atoms with van der Waals surface area (Å²) in [6.07, 6.45) is 1.65. The van der Waals surface area contributed by atoms with Crippen LogP contribution in [0.4, 0.5) is 0 Å². The highest BCUT2D eigenvalue weighted by atomic mass is 32.1. The van der Waals surface area contributed by atoms with Gasteiger partial charge in [-0.3, -0.25) is 9.59 Å². The van der Waals surface area contributed by atoms with E-state index in [1.54, 1.807) is 37.5 Å². The lowest BCUT2D eigenvalue weighted by atomic mass is 10.2. The summed E-state index contributed by atoms with van der Waals surface area (Å²) < 4.78 is 10.7. The first-order valence-corrected chi connectivity index (χ1v) is 10.2. The van der Waals surface area contributed by atoms with E-state index < -0.39 is 0 Å². The fourth-order valence-corrected chi connectivity index (χ4v) is 3.21. The summed E-state index contributed by atoms with van der Waals surface area (Å²) in [7, 11) is 1.56. The molecule has 2 N–H and O–H groups in total. The number of amides is 2. The van der Waals surface area contributed by atoms with Gasteiger partial charge in [0.15, 0.2) is 0 Å². The van der Waals surface area contributed by atoms with Crippen LogP contribution in [0.15, 0.2) is 77.8 Å². The lowest BCUT2D eigenvalue weighted by molar-refractivity contribution is -0.117. The van der Waals surface area contributed by atoms with Crippen molar-refractivity contribution in [2.24, 2.45) is 0 Å². The van der Waals surface area contributed by atoms with Gasteiger partial charge < -0.3 is 20.1 Å². The van der Waals surface area contributed by atoms with Crippen LogP contribution in [0.2, 0.25) is 0 Å². The molecule has 1 heterocycles. The maximum atomic E-state index is 12.7. The minimum atomic E-state index is -0.387. The number of methoxy groups -OCH3 is 1.